The Hall–Kier alpha value is -0.790. The summed E-state index contributed by atoms with van der Waals surface area (Å²) in [6.07, 6.45) is 0.598. The molecule has 1 N–H and O–H groups in total. The molecule has 18 heavy (non-hydrogen) atoms. The molecule has 0 spiro atoms. The van der Waals surface area contributed by atoms with Crippen LogP contribution in [0.2, 0.25) is 0 Å². The Morgan fingerprint density at radius 2 is 2.00 bits per heavy atom. The van der Waals surface area contributed by atoms with Crippen molar-refractivity contribution >= 4 is 34.7 Å². The van der Waals surface area contributed by atoms with Crippen LogP contribution in [0.1, 0.15) is 26.7 Å². The molecule has 0 heterocycles. The van der Waals surface area contributed by atoms with E-state index in [1.165, 1.54) is 0 Å². The lowest BCUT2D eigenvalue weighted by Crippen LogP contribution is -2.27. The molecule has 0 fully saturated rings. The van der Waals surface area contributed by atoms with Crippen LogP contribution < -0.4 is 5.32 Å². The van der Waals surface area contributed by atoms with Crippen LogP contribution in [0, 0.1) is 5.92 Å². The highest BCUT2D eigenvalue weighted by molar-refractivity contribution is 14.1. The molecule has 0 rings (SSSR count). The first-order valence-electron chi connectivity index (χ1n) is 5.78. The van der Waals surface area contributed by atoms with Gasteiger partial charge in [-0.1, -0.05) is 43.0 Å². The number of hydrogen-bond acceptors (Lipinski definition) is 4. The molecule has 0 aliphatic rings. The van der Waals surface area contributed by atoms with Gasteiger partial charge in [0.15, 0.2) is 0 Å². The Kier molecular flexibility index (Phi) is 9.72. The SMILES string of the molecule is C=C(COC(=O)CCCI)NC(=O)OCC(C)C. The summed E-state index contributed by atoms with van der Waals surface area (Å²) >= 11 is 2.19. The van der Waals surface area contributed by atoms with E-state index >= 15 is 0 Å². The van der Waals surface area contributed by atoms with E-state index in [9.17, 15) is 9.59 Å². The van der Waals surface area contributed by atoms with E-state index in [1.807, 2.05) is 13.8 Å². The van der Waals surface area contributed by atoms with Crippen molar-refractivity contribution in [3.8, 4) is 0 Å². The Morgan fingerprint density at radius 3 is 2.56 bits per heavy atom. The lowest BCUT2D eigenvalue weighted by atomic mass is 10.2. The van der Waals surface area contributed by atoms with Gasteiger partial charge < -0.3 is 9.47 Å². The fourth-order valence-corrected chi connectivity index (χ4v) is 1.29. The molecule has 0 bridgehead atoms. The van der Waals surface area contributed by atoms with Crippen molar-refractivity contribution in [2.75, 3.05) is 17.6 Å². The fourth-order valence-electron chi connectivity index (χ4n) is 0.910. The molecule has 6 heteroatoms. The number of hydrogen-bond donors (Lipinski definition) is 1. The molecular weight excluding hydrogens is 349 g/mol. The van der Waals surface area contributed by atoms with E-state index in [0.29, 0.717) is 18.7 Å². The van der Waals surface area contributed by atoms with Crippen molar-refractivity contribution in [1.82, 2.24) is 5.32 Å². The summed E-state index contributed by atoms with van der Waals surface area (Å²) in [6.45, 7) is 7.79. The van der Waals surface area contributed by atoms with Crippen molar-refractivity contribution in [2.24, 2.45) is 5.92 Å². The van der Waals surface area contributed by atoms with Crippen LogP contribution in [0.4, 0.5) is 4.79 Å². The monoisotopic (exact) mass is 369 g/mol. The molecule has 0 aromatic heterocycles. The van der Waals surface area contributed by atoms with E-state index in [4.69, 9.17) is 9.47 Å². The number of carbonyl (C=O) groups excluding carboxylic acids is 2. The highest BCUT2D eigenvalue weighted by Crippen LogP contribution is 1.99. The van der Waals surface area contributed by atoms with Gasteiger partial charge in [-0.3, -0.25) is 10.1 Å². The molecule has 5 nitrogen and oxygen atoms in total. The maximum Gasteiger partial charge on any atom is 0.411 e. The topological polar surface area (TPSA) is 64.6 Å². The predicted octanol–water partition coefficient (Wildman–Crippen LogP) is 2.64. The van der Waals surface area contributed by atoms with Crippen molar-refractivity contribution in [2.45, 2.75) is 26.7 Å². The predicted molar refractivity (Wildman–Crippen MR) is 77.5 cm³/mol. The highest BCUT2D eigenvalue weighted by Gasteiger charge is 2.07. The summed E-state index contributed by atoms with van der Waals surface area (Å²) in [6, 6.07) is 0. The maximum atomic E-state index is 11.2. The van der Waals surface area contributed by atoms with Gasteiger partial charge in [0.25, 0.3) is 0 Å². The van der Waals surface area contributed by atoms with E-state index in [2.05, 4.69) is 34.5 Å². The summed E-state index contributed by atoms with van der Waals surface area (Å²) in [5.41, 5.74) is 0.312. The Morgan fingerprint density at radius 1 is 1.33 bits per heavy atom. The van der Waals surface area contributed by atoms with Gasteiger partial charge in [0, 0.05) is 10.8 Å². The van der Waals surface area contributed by atoms with E-state index < -0.39 is 6.09 Å². The van der Waals surface area contributed by atoms with Crippen LogP contribution in [0.25, 0.3) is 0 Å². The summed E-state index contributed by atoms with van der Waals surface area (Å²) in [7, 11) is 0. The maximum absolute atomic E-state index is 11.2. The molecule has 1 amide bonds. The minimum Gasteiger partial charge on any atom is -0.459 e. The van der Waals surface area contributed by atoms with E-state index in [1.54, 1.807) is 0 Å². The minimum atomic E-state index is -0.572. The van der Waals surface area contributed by atoms with Gasteiger partial charge >= 0.3 is 12.1 Å². The standard InChI is InChI=1S/C12H20INO4/c1-9(2)7-18-12(16)14-10(3)8-17-11(15)5-4-6-13/h9H,3-8H2,1-2H3,(H,14,16). The Bertz CT molecular complexity index is 292. The Labute approximate surface area is 121 Å². The van der Waals surface area contributed by atoms with Crippen molar-refractivity contribution < 1.29 is 19.1 Å². The number of alkyl halides is 1. The molecule has 0 unspecified atom stereocenters. The smallest absolute Gasteiger partial charge is 0.411 e. The first-order valence-corrected chi connectivity index (χ1v) is 7.31. The molecule has 0 saturated carbocycles. The van der Waals surface area contributed by atoms with Crippen LogP contribution in [0.15, 0.2) is 12.3 Å². The molecule has 0 saturated heterocycles. The summed E-state index contributed by atoms with van der Waals surface area (Å²) < 4.78 is 10.7. The van der Waals surface area contributed by atoms with Gasteiger partial charge in [0.1, 0.15) is 6.61 Å². The van der Waals surface area contributed by atoms with Crippen LogP contribution in [-0.2, 0) is 14.3 Å². The molecule has 0 atom stereocenters. The minimum absolute atomic E-state index is 0.0170. The van der Waals surface area contributed by atoms with Crippen LogP contribution >= 0.6 is 22.6 Å². The van der Waals surface area contributed by atoms with Gasteiger partial charge in [0.2, 0.25) is 0 Å². The average Bonchev–Trinajstić information content (AvgIpc) is 2.31. The third kappa shape index (κ3) is 10.4. The fraction of sp³-hybridized carbons (Fsp3) is 0.667. The second kappa shape index (κ2) is 10.2. The number of amides is 1. The van der Waals surface area contributed by atoms with Crippen LogP contribution in [0.3, 0.4) is 0 Å². The molecule has 0 aliphatic heterocycles. The lowest BCUT2D eigenvalue weighted by molar-refractivity contribution is -0.142. The largest absolute Gasteiger partial charge is 0.459 e. The van der Waals surface area contributed by atoms with Crippen LogP contribution in [-0.4, -0.2) is 29.7 Å². The van der Waals surface area contributed by atoms with Gasteiger partial charge in [-0.2, -0.15) is 0 Å². The number of rotatable bonds is 8. The number of halogens is 1. The van der Waals surface area contributed by atoms with Crippen molar-refractivity contribution in [1.29, 1.82) is 0 Å². The second-order valence-electron chi connectivity index (χ2n) is 4.17. The first-order chi connectivity index (χ1) is 8.45. The quantitative estimate of drug-likeness (QED) is 0.406. The van der Waals surface area contributed by atoms with Crippen molar-refractivity contribution in [3.05, 3.63) is 12.3 Å². The molecule has 104 valence electrons. The zero-order valence-corrected chi connectivity index (χ0v) is 13.0. The molecule has 0 aliphatic carbocycles. The van der Waals surface area contributed by atoms with Crippen molar-refractivity contribution in [3.63, 3.8) is 0 Å². The van der Waals surface area contributed by atoms with Gasteiger partial charge in [-0.15, -0.1) is 0 Å². The van der Waals surface area contributed by atoms with Gasteiger partial charge in [-0.05, 0) is 12.3 Å². The van der Waals surface area contributed by atoms with E-state index in [-0.39, 0.29) is 18.5 Å². The van der Waals surface area contributed by atoms with Gasteiger partial charge in [0.05, 0.1) is 12.3 Å². The molecule has 0 aromatic carbocycles. The first kappa shape index (κ1) is 17.2. The van der Waals surface area contributed by atoms with Crippen LogP contribution in [0.5, 0.6) is 0 Å². The molecule has 0 radical (unpaired) electrons. The number of nitrogens with one attached hydrogen (secondary N) is 1. The Balaban J connectivity index is 3.70. The molecule has 0 aromatic rings. The highest BCUT2D eigenvalue weighted by atomic mass is 127. The lowest BCUT2D eigenvalue weighted by Gasteiger charge is -2.11. The number of ether oxygens (including phenoxy) is 2. The summed E-state index contributed by atoms with van der Waals surface area (Å²) in [5, 5.41) is 2.41. The second-order valence-corrected chi connectivity index (χ2v) is 5.25. The average molecular weight is 369 g/mol. The summed E-state index contributed by atoms with van der Waals surface area (Å²) in [4.78, 5) is 22.4. The summed E-state index contributed by atoms with van der Waals surface area (Å²) in [5.74, 6) is -0.0136. The third-order valence-electron chi connectivity index (χ3n) is 1.75. The molecular formula is C12H20INO4. The van der Waals surface area contributed by atoms with E-state index in [0.717, 1.165) is 10.8 Å². The van der Waals surface area contributed by atoms with Gasteiger partial charge in [-0.25, -0.2) is 4.79 Å². The number of carbonyl (C=O) groups is 2. The normalized spacial score (nSPS) is 10.0. The zero-order chi connectivity index (χ0) is 14.0. The third-order valence-corrected chi connectivity index (χ3v) is 2.51. The number of esters is 1. The number of alkyl carbamates (subject to hydrolysis) is 1. The zero-order valence-electron chi connectivity index (χ0n) is 10.8.